The number of rotatable bonds is 2. The monoisotopic (exact) mass is 303 g/mol. The van der Waals surface area contributed by atoms with Gasteiger partial charge in [-0.25, -0.2) is 0 Å². The fraction of sp³-hybridized carbons (Fsp3) is 0.611. The summed E-state index contributed by atoms with van der Waals surface area (Å²) in [6.45, 7) is 0.778. The van der Waals surface area contributed by atoms with E-state index in [1.807, 2.05) is 0 Å². The van der Waals surface area contributed by atoms with Crippen LogP contribution in [-0.4, -0.2) is 12.5 Å². The highest BCUT2D eigenvalue weighted by Gasteiger charge is 2.54. The molecule has 1 amide bonds. The molecule has 0 saturated heterocycles. The van der Waals surface area contributed by atoms with Crippen molar-refractivity contribution < 1.29 is 4.79 Å². The van der Waals surface area contributed by atoms with Crippen molar-refractivity contribution in [3.05, 3.63) is 34.9 Å². The standard InChI is InChI=1S/C18H22ClNO/c19-17(16-13-5-1-2-6-14(13)16)12-8-7-11-4-3-9-20-18(21)15(11)10-12/h7-8,10,13-14,16-17H,1-6,9H2,(H,20,21). The summed E-state index contributed by atoms with van der Waals surface area (Å²) in [5, 5.41) is 3.06. The molecule has 2 aliphatic carbocycles. The first-order valence-corrected chi connectivity index (χ1v) is 8.74. The SMILES string of the molecule is O=C1NCCCc2ccc(C(Cl)C3C4CCCCC43)cc21. The maximum Gasteiger partial charge on any atom is 0.251 e. The molecule has 1 heterocycles. The minimum absolute atomic E-state index is 0.0708. The lowest BCUT2D eigenvalue weighted by atomic mass is 9.97. The molecular formula is C18H22ClNO. The molecule has 2 fully saturated rings. The normalized spacial score (nSPS) is 32.4. The zero-order valence-electron chi connectivity index (χ0n) is 12.3. The van der Waals surface area contributed by atoms with Crippen LogP contribution in [0.4, 0.5) is 0 Å². The molecule has 4 rings (SSSR count). The number of aryl methyl sites for hydroxylation is 1. The van der Waals surface area contributed by atoms with Gasteiger partial charge in [0, 0.05) is 12.1 Å². The average Bonchev–Trinajstić information content (AvgIpc) is 3.27. The van der Waals surface area contributed by atoms with E-state index in [0.29, 0.717) is 5.92 Å². The van der Waals surface area contributed by atoms with Gasteiger partial charge in [-0.05, 0) is 60.6 Å². The molecule has 3 heteroatoms. The Morgan fingerprint density at radius 3 is 2.67 bits per heavy atom. The second kappa shape index (κ2) is 5.31. The third kappa shape index (κ3) is 2.38. The van der Waals surface area contributed by atoms with Crippen molar-refractivity contribution in [1.82, 2.24) is 5.32 Å². The lowest BCUT2D eigenvalue weighted by molar-refractivity contribution is 0.0956. The van der Waals surface area contributed by atoms with Gasteiger partial charge in [-0.1, -0.05) is 25.0 Å². The Hall–Kier alpha value is -1.02. The number of alkyl halides is 1. The Morgan fingerprint density at radius 1 is 1.14 bits per heavy atom. The highest BCUT2D eigenvalue weighted by Crippen LogP contribution is 2.62. The average molecular weight is 304 g/mol. The van der Waals surface area contributed by atoms with Crippen LogP contribution in [-0.2, 0) is 6.42 Å². The number of fused-ring (bicyclic) bond motifs is 2. The van der Waals surface area contributed by atoms with E-state index in [0.717, 1.165) is 42.3 Å². The van der Waals surface area contributed by atoms with Crippen molar-refractivity contribution in [1.29, 1.82) is 0 Å². The molecule has 0 aromatic heterocycles. The number of nitrogens with one attached hydrogen (secondary N) is 1. The number of carbonyl (C=O) groups excluding carboxylic acids is 1. The maximum atomic E-state index is 12.2. The van der Waals surface area contributed by atoms with E-state index in [1.54, 1.807) is 0 Å². The van der Waals surface area contributed by atoms with Gasteiger partial charge in [0.05, 0.1) is 5.38 Å². The number of hydrogen-bond acceptors (Lipinski definition) is 1. The molecule has 1 aliphatic heterocycles. The topological polar surface area (TPSA) is 29.1 Å². The molecule has 1 N–H and O–H groups in total. The van der Waals surface area contributed by atoms with Crippen molar-refractivity contribution in [2.24, 2.45) is 17.8 Å². The number of hydrogen-bond donors (Lipinski definition) is 1. The van der Waals surface area contributed by atoms with Crippen LogP contribution in [0.1, 0.15) is 59.0 Å². The lowest BCUT2D eigenvalue weighted by Gasteiger charge is -2.13. The molecule has 0 bridgehead atoms. The van der Waals surface area contributed by atoms with E-state index in [4.69, 9.17) is 11.6 Å². The molecule has 3 unspecified atom stereocenters. The smallest absolute Gasteiger partial charge is 0.251 e. The molecule has 112 valence electrons. The predicted octanol–water partition coefficient (Wildman–Crippen LogP) is 4.08. The first-order chi connectivity index (χ1) is 10.3. The van der Waals surface area contributed by atoms with Crippen molar-refractivity contribution >= 4 is 17.5 Å². The minimum atomic E-state index is 0.0708. The summed E-state index contributed by atoms with van der Waals surface area (Å²) >= 11 is 6.78. The Labute approximate surface area is 131 Å². The quantitative estimate of drug-likeness (QED) is 0.820. The molecule has 1 aromatic rings. The van der Waals surface area contributed by atoms with E-state index in [2.05, 4.69) is 23.5 Å². The van der Waals surface area contributed by atoms with Gasteiger partial charge in [0.2, 0.25) is 0 Å². The number of benzene rings is 1. The summed E-state index contributed by atoms with van der Waals surface area (Å²) in [5.41, 5.74) is 3.16. The van der Waals surface area contributed by atoms with Gasteiger partial charge < -0.3 is 5.32 Å². The summed E-state index contributed by atoms with van der Waals surface area (Å²) in [6.07, 6.45) is 7.45. The lowest BCUT2D eigenvalue weighted by Crippen LogP contribution is -2.22. The molecular weight excluding hydrogens is 282 g/mol. The van der Waals surface area contributed by atoms with Gasteiger partial charge >= 0.3 is 0 Å². The molecule has 2 nitrogen and oxygen atoms in total. The van der Waals surface area contributed by atoms with E-state index in [9.17, 15) is 4.79 Å². The van der Waals surface area contributed by atoms with Crippen LogP contribution in [0.5, 0.6) is 0 Å². The van der Waals surface area contributed by atoms with E-state index >= 15 is 0 Å². The second-order valence-electron chi connectivity index (χ2n) is 6.87. The zero-order chi connectivity index (χ0) is 14.4. The van der Waals surface area contributed by atoms with Crippen LogP contribution in [0.15, 0.2) is 18.2 Å². The van der Waals surface area contributed by atoms with Crippen LogP contribution in [0.3, 0.4) is 0 Å². The molecule has 1 aromatic carbocycles. The van der Waals surface area contributed by atoms with Crippen LogP contribution < -0.4 is 5.32 Å². The van der Waals surface area contributed by atoms with Gasteiger partial charge in [-0.15, -0.1) is 11.6 Å². The molecule has 3 aliphatic rings. The van der Waals surface area contributed by atoms with E-state index in [1.165, 1.54) is 31.2 Å². The summed E-state index contributed by atoms with van der Waals surface area (Å²) in [5.74, 6) is 2.39. The molecule has 0 spiro atoms. The first kappa shape index (κ1) is 13.6. The first-order valence-electron chi connectivity index (χ1n) is 8.31. The third-order valence-electron chi connectivity index (χ3n) is 5.67. The fourth-order valence-corrected chi connectivity index (χ4v) is 4.98. The van der Waals surface area contributed by atoms with Crippen molar-refractivity contribution in [2.75, 3.05) is 6.54 Å². The molecule has 0 radical (unpaired) electrons. The highest BCUT2D eigenvalue weighted by molar-refractivity contribution is 6.21. The predicted molar refractivity (Wildman–Crippen MR) is 84.6 cm³/mol. The van der Waals surface area contributed by atoms with Crippen molar-refractivity contribution in [3.63, 3.8) is 0 Å². The van der Waals surface area contributed by atoms with Crippen LogP contribution >= 0.6 is 11.6 Å². The zero-order valence-corrected chi connectivity index (χ0v) is 13.0. The van der Waals surface area contributed by atoms with Gasteiger partial charge in [0.15, 0.2) is 0 Å². The van der Waals surface area contributed by atoms with Crippen LogP contribution in [0.25, 0.3) is 0 Å². The summed E-state index contributed by atoms with van der Waals surface area (Å²) in [7, 11) is 0. The Kier molecular flexibility index (Phi) is 3.45. The number of amides is 1. The summed E-state index contributed by atoms with van der Waals surface area (Å²) < 4.78 is 0. The van der Waals surface area contributed by atoms with Gasteiger partial charge in [0.1, 0.15) is 0 Å². The third-order valence-corrected chi connectivity index (χ3v) is 6.21. The summed E-state index contributed by atoms with van der Waals surface area (Å²) in [6, 6.07) is 6.33. The molecule has 3 atom stereocenters. The largest absolute Gasteiger partial charge is 0.352 e. The highest BCUT2D eigenvalue weighted by atomic mass is 35.5. The minimum Gasteiger partial charge on any atom is -0.352 e. The number of halogens is 1. The van der Waals surface area contributed by atoms with E-state index in [-0.39, 0.29) is 11.3 Å². The fourth-order valence-electron chi connectivity index (χ4n) is 4.48. The molecule has 2 saturated carbocycles. The van der Waals surface area contributed by atoms with Crippen LogP contribution in [0.2, 0.25) is 0 Å². The van der Waals surface area contributed by atoms with Crippen molar-refractivity contribution in [2.45, 2.75) is 43.9 Å². The van der Waals surface area contributed by atoms with Gasteiger partial charge in [-0.3, -0.25) is 4.79 Å². The van der Waals surface area contributed by atoms with Crippen molar-refractivity contribution in [3.8, 4) is 0 Å². The van der Waals surface area contributed by atoms with Gasteiger partial charge in [0.25, 0.3) is 5.91 Å². The van der Waals surface area contributed by atoms with E-state index < -0.39 is 0 Å². The Morgan fingerprint density at radius 2 is 1.90 bits per heavy atom. The second-order valence-corrected chi connectivity index (χ2v) is 7.34. The molecule has 21 heavy (non-hydrogen) atoms. The number of carbonyl (C=O) groups is 1. The Balaban J connectivity index is 1.59. The maximum absolute atomic E-state index is 12.2. The Bertz CT molecular complexity index is 558. The van der Waals surface area contributed by atoms with Crippen LogP contribution in [0, 0.1) is 17.8 Å². The summed E-state index contributed by atoms with van der Waals surface area (Å²) in [4.78, 5) is 12.2. The van der Waals surface area contributed by atoms with Gasteiger partial charge in [-0.2, -0.15) is 0 Å².